The highest BCUT2D eigenvalue weighted by molar-refractivity contribution is 7.86. The first kappa shape index (κ1) is 13.9. The summed E-state index contributed by atoms with van der Waals surface area (Å²) in [7, 11) is -3.91. The lowest BCUT2D eigenvalue weighted by molar-refractivity contribution is 0.439. The van der Waals surface area contributed by atoms with Crippen LogP contribution in [0.5, 0.6) is 0 Å². The molecule has 0 aromatic rings. The number of hydrogen-bond donors (Lipinski definition) is 2. The lowest BCUT2D eigenvalue weighted by atomic mass is 10.2. The summed E-state index contributed by atoms with van der Waals surface area (Å²) in [5.41, 5.74) is 0. The average molecular weight is 223 g/mol. The summed E-state index contributed by atoms with van der Waals surface area (Å²) >= 11 is 0. The minimum atomic E-state index is -3.91. The number of hydrogen-bond acceptors (Lipinski definition) is 3. The van der Waals surface area contributed by atoms with Crippen molar-refractivity contribution in [3.05, 3.63) is 0 Å². The summed E-state index contributed by atoms with van der Waals surface area (Å²) in [6.45, 7) is 6.19. The molecule has 0 spiro atoms. The van der Waals surface area contributed by atoms with Crippen molar-refractivity contribution in [2.75, 3.05) is 6.54 Å². The first-order valence-electron chi connectivity index (χ1n) is 5.09. The van der Waals surface area contributed by atoms with E-state index in [-0.39, 0.29) is 6.04 Å². The maximum Gasteiger partial charge on any atom is 0.269 e. The summed E-state index contributed by atoms with van der Waals surface area (Å²) in [4.78, 5) is 0. The lowest BCUT2D eigenvalue weighted by Gasteiger charge is -2.18. The van der Waals surface area contributed by atoms with Crippen molar-refractivity contribution in [3.63, 3.8) is 0 Å². The molecule has 14 heavy (non-hydrogen) atoms. The molecule has 0 radical (unpaired) electrons. The van der Waals surface area contributed by atoms with E-state index in [1.807, 2.05) is 0 Å². The van der Waals surface area contributed by atoms with Gasteiger partial charge in [-0.2, -0.15) is 8.42 Å². The van der Waals surface area contributed by atoms with E-state index in [0.29, 0.717) is 0 Å². The maximum absolute atomic E-state index is 10.8. The van der Waals surface area contributed by atoms with E-state index >= 15 is 0 Å². The second-order valence-corrected chi connectivity index (χ2v) is 5.44. The Balaban J connectivity index is 3.79. The zero-order chi connectivity index (χ0) is 11.2. The number of rotatable bonds is 7. The molecule has 2 atom stereocenters. The molecule has 0 saturated carbocycles. The van der Waals surface area contributed by atoms with Crippen LogP contribution in [0.2, 0.25) is 0 Å². The largest absolute Gasteiger partial charge is 0.313 e. The molecule has 0 bridgehead atoms. The molecule has 86 valence electrons. The molecular weight excluding hydrogens is 202 g/mol. The van der Waals surface area contributed by atoms with E-state index in [1.165, 1.54) is 6.92 Å². The monoisotopic (exact) mass is 223 g/mol. The van der Waals surface area contributed by atoms with E-state index in [4.69, 9.17) is 4.55 Å². The van der Waals surface area contributed by atoms with Crippen LogP contribution in [0, 0.1) is 0 Å². The Morgan fingerprint density at radius 1 is 1.29 bits per heavy atom. The van der Waals surface area contributed by atoms with E-state index < -0.39 is 15.4 Å². The van der Waals surface area contributed by atoms with Gasteiger partial charge in [-0.25, -0.2) is 0 Å². The van der Waals surface area contributed by atoms with Gasteiger partial charge in [-0.05, 0) is 26.8 Å². The summed E-state index contributed by atoms with van der Waals surface area (Å²) in [6.07, 6.45) is 3.32. The lowest BCUT2D eigenvalue weighted by Crippen LogP contribution is -2.40. The Kier molecular flexibility index (Phi) is 6.31. The van der Waals surface area contributed by atoms with Crippen molar-refractivity contribution in [1.82, 2.24) is 5.32 Å². The summed E-state index contributed by atoms with van der Waals surface area (Å²) in [5, 5.41) is 2.34. The van der Waals surface area contributed by atoms with Gasteiger partial charge in [0.05, 0.1) is 5.25 Å². The zero-order valence-electron chi connectivity index (χ0n) is 9.16. The van der Waals surface area contributed by atoms with Crippen LogP contribution in [-0.2, 0) is 10.1 Å². The average Bonchev–Trinajstić information content (AvgIpc) is 2.09. The van der Waals surface area contributed by atoms with Gasteiger partial charge in [0.1, 0.15) is 0 Å². The van der Waals surface area contributed by atoms with Crippen LogP contribution in [0.15, 0.2) is 0 Å². The molecule has 0 aromatic carbocycles. The van der Waals surface area contributed by atoms with E-state index in [2.05, 4.69) is 12.2 Å². The van der Waals surface area contributed by atoms with Crippen molar-refractivity contribution in [2.45, 2.75) is 51.3 Å². The van der Waals surface area contributed by atoms with E-state index in [0.717, 1.165) is 25.8 Å². The highest BCUT2D eigenvalue weighted by Gasteiger charge is 2.23. The molecular formula is C9H21NO3S. The smallest absolute Gasteiger partial charge is 0.269 e. The molecule has 0 fully saturated rings. The minimum Gasteiger partial charge on any atom is -0.313 e. The van der Waals surface area contributed by atoms with Crippen molar-refractivity contribution in [1.29, 1.82) is 0 Å². The molecule has 4 nitrogen and oxygen atoms in total. The van der Waals surface area contributed by atoms with Crippen LogP contribution >= 0.6 is 0 Å². The third-order valence-electron chi connectivity index (χ3n) is 2.42. The van der Waals surface area contributed by atoms with Crippen molar-refractivity contribution < 1.29 is 13.0 Å². The number of unbranched alkanes of at least 4 members (excludes halogenated alkanes) is 2. The quantitative estimate of drug-likeness (QED) is 0.506. The molecule has 0 aromatic heterocycles. The van der Waals surface area contributed by atoms with Gasteiger partial charge in [0.25, 0.3) is 10.1 Å². The summed E-state index contributed by atoms with van der Waals surface area (Å²) in [6, 6.07) is -0.207. The summed E-state index contributed by atoms with van der Waals surface area (Å²) < 4.78 is 30.3. The highest BCUT2D eigenvalue weighted by atomic mass is 32.2. The van der Waals surface area contributed by atoms with E-state index in [9.17, 15) is 8.42 Å². The Bertz CT molecular complexity index is 238. The van der Waals surface area contributed by atoms with Gasteiger partial charge >= 0.3 is 0 Å². The Hall–Kier alpha value is -0.130. The minimum absolute atomic E-state index is 0.207. The van der Waals surface area contributed by atoms with Crippen LogP contribution < -0.4 is 5.32 Å². The van der Waals surface area contributed by atoms with E-state index in [1.54, 1.807) is 6.92 Å². The molecule has 2 unspecified atom stereocenters. The van der Waals surface area contributed by atoms with Gasteiger partial charge < -0.3 is 5.32 Å². The van der Waals surface area contributed by atoms with Crippen LogP contribution in [0.3, 0.4) is 0 Å². The standard InChI is InChI=1S/C9H21NO3S/c1-4-5-6-7-10-8(2)9(3)14(11,12)13/h8-10H,4-7H2,1-3H3,(H,11,12,13). The third-order valence-corrected chi connectivity index (χ3v) is 3.77. The van der Waals surface area contributed by atoms with Gasteiger partial charge in [-0.1, -0.05) is 19.8 Å². The Morgan fingerprint density at radius 3 is 2.29 bits per heavy atom. The fourth-order valence-corrected chi connectivity index (χ4v) is 1.74. The van der Waals surface area contributed by atoms with Gasteiger partial charge in [-0.3, -0.25) is 4.55 Å². The zero-order valence-corrected chi connectivity index (χ0v) is 9.97. The molecule has 0 aliphatic carbocycles. The molecule has 0 saturated heterocycles. The topological polar surface area (TPSA) is 66.4 Å². The predicted octanol–water partition coefficient (Wildman–Crippen LogP) is 1.43. The first-order valence-corrected chi connectivity index (χ1v) is 6.59. The predicted molar refractivity (Wildman–Crippen MR) is 58.0 cm³/mol. The fourth-order valence-electron chi connectivity index (χ4n) is 1.13. The molecule has 2 N–H and O–H groups in total. The van der Waals surface area contributed by atoms with Gasteiger partial charge in [0.15, 0.2) is 0 Å². The number of nitrogens with one attached hydrogen (secondary N) is 1. The van der Waals surface area contributed by atoms with Crippen LogP contribution in [-0.4, -0.2) is 30.8 Å². The molecule has 0 heterocycles. The maximum atomic E-state index is 10.8. The third kappa shape index (κ3) is 5.57. The Morgan fingerprint density at radius 2 is 1.86 bits per heavy atom. The molecule has 0 aliphatic rings. The van der Waals surface area contributed by atoms with Crippen molar-refractivity contribution >= 4 is 10.1 Å². The SMILES string of the molecule is CCCCCNC(C)C(C)S(=O)(=O)O. The second kappa shape index (κ2) is 6.37. The van der Waals surface area contributed by atoms with Gasteiger partial charge in [0, 0.05) is 6.04 Å². The molecule has 5 heteroatoms. The van der Waals surface area contributed by atoms with Crippen LogP contribution in [0.1, 0.15) is 40.0 Å². The molecule has 0 amide bonds. The van der Waals surface area contributed by atoms with Gasteiger partial charge in [0.2, 0.25) is 0 Å². The second-order valence-electron chi connectivity index (χ2n) is 3.67. The summed E-state index contributed by atoms with van der Waals surface area (Å²) in [5.74, 6) is 0. The van der Waals surface area contributed by atoms with Crippen LogP contribution in [0.25, 0.3) is 0 Å². The van der Waals surface area contributed by atoms with Crippen molar-refractivity contribution in [3.8, 4) is 0 Å². The van der Waals surface area contributed by atoms with Crippen molar-refractivity contribution in [2.24, 2.45) is 0 Å². The highest BCUT2D eigenvalue weighted by Crippen LogP contribution is 2.03. The molecule has 0 aliphatic heterocycles. The van der Waals surface area contributed by atoms with Gasteiger partial charge in [-0.15, -0.1) is 0 Å². The molecule has 0 rings (SSSR count). The van der Waals surface area contributed by atoms with Crippen LogP contribution in [0.4, 0.5) is 0 Å². The fraction of sp³-hybridized carbons (Fsp3) is 1.00. The Labute approximate surface area is 86.8 Å². The normalized spacial score (nSPS) is 16.6. The first-order chi connectivity index (χ1) is 6.39.